The van der Waals surface area contributed by atoms with Gasteiger partial charge in [-0.3, -0.25) is 14.8 Å². The summed E-state index contributed by atoms with van der Waals surface area (Å²) in [6.45, 7) is 4.67. The van der Waals surface area contributed by atoms with Crippen LogP contribution in [0, 0.1) is 11.6 Å². The number of fused-ring (bicyclic) bond motifs is 1. The fraction of sp³-hybridized carbons (Fsp3) is 0.185. The Morgan fingerprint density at radius 3 is 2.60 bits per heavy atom. The third-order valence-corrected chi connectivity index (χ3v) is 6.24. The van der Waals surface area contributed by atoms with Gasteiger partial charge in [-0.25, -0.2) is 13.8 Å². The lowest BCUT2D eigenvalue weighted by molar-refractivity contribution is 0.0787. The van der Waals surface area contributed by atoms with Gasteiger partial charge < -0.3 is 10.2 Å². The molecule has 1 amide bonds. The van der Waals surface area contributed by atoms with E-state index < -0.39 is 17.7 Å². The van der Waals surface area contributed by atoms with Gasteiger partial charge in [0.05, 0.1) is 18.3 Å². The monoisotopic (exact) mass is 471 g/mol. The van der Waals surface area contributed by atoms with Gasteiger partial charge in [-0.05, 0) is 61.9 Å². The maximum absolute atomic E-state index is 15.2. The maximum Gasteiger partial charge on any atom is 0.254 e. The van der Waals surface area contributed by atoms with E-state index in [2.05, 4.69) is 20.3 Å². The lowest BCUT2D eigenvalue weighted by Gasteiger charge is -2.19. The number of carbonyl (C=O) groups excluding carboxylic acids is 1. The van der Waals surface area contributed by atoms with Crippen molar-refractivity contribution in [2.24, 2.45) is 0 Å². The summed E-state index contributed by atoms with van der Waals surface area (Å²) in [5, 5.41) is 3.17. The molecule has 0 radical (unpaired) electrons. The molecule has 0 fully saturated rings. The highest BCUT2D eigenvalue weighted by Gasteiger charge is 2.29. The number of nitrogens with zero attached hydrogens (tertiary/aromatic N) is 4. The van der Waals surface area contributed by atoms with Crippen molar-refractivity contribution in [3.05, 3.63) is 95.6 Å². The second-order valence-electron chi connectivity index (χ2n) is 8.40. The van der Waals surface area contributed by atoms with Crippen LogP contribution in [0.5, 0.6) is 0 Å². The molecule has 1 unspecified atom stereocenters. The summed E-state index contributed by atoms with van der Waals surface area (Å²) in [4.78, 5) is 27.0. The maximum atomic E-state index is 15.2. The molecule has 1 aromatic carbocycles. The first-order valence-electron chi connectivity index (χ1n) is 11.4. The molecule has 4 heterocycles. The van der Waals surface area contributed by atoms with E-state index in [1.807, 2.05) is 13.0 Å². The average molecular weight is 472 g/mol. The Morgan fingerprint density at radius 1 is 1.00 bits per heavy atom. The van der Waals surface area contributed by atoms with Crippen molar-refractivity contribution in [2.75, 3.05) is 11.9 Å². The number of nitrogens with one attached hydrogen (secondary N) is 1. The molecular formula is C27H23F2N5O. The van der Waals surface area contributed by atoms with E-state index >= 15 is 8.78 Å². The molecule has 5 rings (SSSR count). The number of benzene rings is 1. The van der Waals surface area contributed by atoms with Crippen molar-refractivity contribution in [3.63, 3.8) is 0 Å². The predicted molar refractivity (Wildman–Crippen MR) is 130 cm³/mol. The van der Waals surface area contributed by atoms with Crippen LogP contribution in [0.25, 0.3) is 22.4 Å². The number of aromatic nitrogens is 3. The summed E-state index contributed by atoms with van der Waals surface area (Å²) < 4.78 is 30.5. The molecular weight excluding hydrogens is 448 g/mol. The number of pyridine rings is 3. The molecule has 1 atom stereocenters. The van der Waals surface area contributed by atoms with E-state index in [-0.39, 0.29) is 17.0 Å². The van der Waals surface area contributed by atoms with E-state index in [0.29, 0.717) is 35.7 Å². The van der Waals surface area contributed by atoms with E-state index in [1.165, 1.54) is 12.1 Å². The van der Waals surface area contributed by atoms with Crippen molar-refractivity contribution >= 4 is 11.7 Å². The van der Waals surface area contributed by atoms with Crippen LogP contribution in [0.4, 0.5) is 14.6 Å². The second kappa shape index (κ2) is 9.21. The third-order valence-electron chi connectivity index (χ3n) is 6.24. The average Bonchev–Trinajstić information content (AvgIpc) is 3.22. The van der Waals surface area contributed by atoms with Gasteiger partial charge in [0.1, 0.15) is 17.5 Å². The number of carbonyl (C=O) groups is 1. The molecule has 0 spiro atoms. The molecule has 0 saturated carbocycles. The Bertz CT molecular complexity index is 1410. The van der Waals surface area contributed by atoms with Crippen LogP contribution in [0.1, 0.15) is 41.4 Å². The van der Waals surface area contributed by atoms with E-state index in [9.17, 15) is 4.79 Å². The summed E-state index contributed by atoms with van der Waals surface area (Å²) >= 11 is 0. The van der Waals surface area contributed by atoms with Gasteiger partial charge >= 0.3 is 0 Å². The van der Waals surface area contributed by atoms with Crippen molar-refractivity contribution in [2.45, 2.75) is 26.4 Å². The molecule has 8 heteroatoms. The fourth-order valence-corrected chi connectivity index (χ4v) is 4.33. The Hall–Kier alpha value is -4.20. The van der Waals surface area contributed by atoms with Crippen molar-refractivity contribution in [1.82, 2.24) is 19.9 Å². The minimum Gasteiger partial charge on any atom is -0.363 e. The molecule has 0 bridgehead atoms. The minimum atomic E-state index is -0.577. The summed E-state index contributed by atoms with van der Waals surface area (Å²) in [5.74, 6) is -0.638. The van der Waals surface area contributed by atoms with Crippen LogP contribution in [-0.4, -0.2) is 32.3 Å². The number of amides is 1. The predicted octanol–water partition coefficient (Wildman–Crippen LogP) is 5.63. The third kappa shape index (κ3) is 4.23. The van der Waals surface area contributed by atoms with Gasteiger partial charge in [0.25, 0.3) is 5.91 Å². The lowest BCUT2D eigenvalue weighted by atomic mass is 9.99. The number of hydrogen-bond donors (Lipinski definition) is 1. The Labute approximate surface area is 201 Å². The molecule has 0 aliphatic carbocycles. The van der Waals surface area contributed by atoms with Gasteiger partial charge in [0, 0.05) is 59.1 Å². The van der Waals surface area contributed by atoms with Crippen molar-refractivity contribution in [3.8, 4) is 22.4 Å². The molecule has 176 valence electrons. The first-order chi connectivity index (χ1) is 17.0. The second-order valence-corrected chi connectivity index (χ2v) is 8.40. The fourth-order valence-electron chi connectivity index (χ4n) is 4.33. The highest BCUT2D eigenvalue weighted by molar-refractivity contribution is 5.99. The van der Waals surface area contributed by atoms with Gasteiger partial charge in [0.2, 0.25) is 0 Å². The molecule has 3 aromatic heterocycles. The quantitative estimate of drug-likeness (QED) is 0.395. The van der Waals surface area contributed by atoms with Crippen molar-refractivity contribution in [1.29, 1.82) is 0 Å². The Morgan fingerprint density at radius 2 is 1.83 bits per heavy atom. The van der Waals surface area contributed by atoms with E-state index in [4.69, 9.17) is 0 Å². The summed E-state index contributed by atoms with van der Waals surface area (Å²) in [7, 11) is 0. The number of halogens is 2. The van der Waals surface area contributed by atoms with Crippen LogP contribution < -0.4 is 5.32 Å². The van der Waals surface area contributed by atoms with E-state index in [1.54, 1.807) is 60.9 Å². The largest absolute Gasteiger partial charge is 0.363 e. The first-order valence-corrected chi connectivity index (χ1v) is 11.4. The normalized spacial score (nSPS) is 13.6. The zero-order valence-electron chi connectivity index (χ0n) is 19.3. The van der Waals surface area contributed by atoms with Crippen LogP contribution in [0.2, 0.25) is 0 Å². The summed E-state index contributed by atoms with van der Waals surface area (Å²) in [5.41, 5.74) is 3.59. The molecule has 1 N–H and O–H groups in total. The van der Waals surface area contributed by atoms with Crippen LogP contribution in [0.3, 0.4) is 0 Å². The molecule has 1 aliphatic heterocycles. The molecule has 35 heavy (non-hydrogen) atoms. The van der Waals surface area contributed by atoms with Gasteiger partial charge in [-0.15, -0.1) is 0 Å². The van der Waals surface area contributed by atoms with Gasteiger partial charge in [-0.2, -0.15) is 0 Å². The number of hydrogen-bond acceptors (Lipinski definition) is 5. The smallest absolute Gasteiger partial charge is 0.254 e. The molecule has 6 nitrogen and oxygen atoms in total. The van der Waals surface area contributed by atoms with Gasteiger partial charge in [0.15, 0.2) is 0 Å². The van der Waals surface area contributed by atoms with Crippen molar-refractivity contribution < 1.29 is 13.6 Å². The van der Waals surface area contributed by atoms with E-state index in [0.717, 1.165) is 11.1 Å². The standard InChI is InChI=1S/C27H23F2N5O/c1-3-34-15-22-19(27(34)35)7-10-32-26(22)33-16(2)20-12-24(29)21(13-23(20)28)17-6-9-31-25(11-17)18-5-4-8-30-14-18/h4-14,16H,3,15H2,1-2H3,(H,32,33). The number of anilines is 1. The highest BCUT2D eigenvalue weighted by atomic mass is 19.1. The summed E-state index contributed by atoms with van der Waals surface area (Å²) in [6, 6.07) is 10.5. The van der Waals surface area contributed by atoms with Crippen LogP contribution in [-0.2, 0) is 6.54 Å². The minimum absolute atomic E-state index is 0.0508. The van der Waals surface area contributed by atoms with Crippen LogP contribution >= 0.6 is 0 Å². The molecule has 0 saturated heterocycles. The topological polar surface area (TPSA) is 71.0 Å². The van der Waals surface area contributed by atoms with Gasteiger partial charge in [-0.1, -0.05) is 0 Å². The zero-order chi connectivity index (χ0) is 24.5. The first kappa shape index (κ1) is 22.6. The Balaban J connectivity index is 1.43. The lowest BCUT2D eigenvalue weighted by Crippen LogP contribution is -2.22. The Kier molecular flexibility index (Phi) is 5.94. The zero-order valence-corrected chi connectivity index (χ0v) is 19.3. The number of rotatable bonds is 6. The SMILES string of the molecule is CCN1Cc2c(ccnc2NC(C)c2cc(F)c(-c3ccnc(-c4cccnc4)c3)cc2F)C1=O. The highest BCUT2D eigenvalue weighted by Crippen LogP contribution is 2.33. The summed E-state index contributed by atoms with van der Waals surface area (Å²) in [6.07, 6.45) is 6.44. The molecule has 1 aliphatic rings. The molecule has 4 aromatic rings. The van der Waals surface area contributed by atoms with Crippen LogP contribution in [0.15, 0.2) is 67.3 Å².